The Labute approximate surface area is 83.9 Å². The van der Waals surface area contributed by atoms with Crippen LogP contribution in [0.2, 0.25) is 10.0 Å². The van der Waals surface area contributed by atoms with Crippen molar-refractivity contribution in [2.24, 2.45) is 0 Å². The van der Waals surface area contributed by atoms with E-state index in [9.17, 15) is 9.18 Å². The normalized spacial score (nSPS) is 10.1. The molecule has 0 unspecified atom stereocenters. The first-order valence-corrected chi connectivity index (χ1v) is 4.12. The van der Waals surface area contributed by atoms with Crippen molar-refractivity contribution in [3.63, 3.8) is 0 Å². The zero-order valence-electron chi connectivity index (χ0n) is 6.35. The summed E-state index contributed by atoms with van der Waals surface area (Å²) in [5, 5.41) is 8.18. The number of hydrogen-bond donors (Lipinski definition) is 1. The quantitative estimate of drug-likeness (QED) is 0.782. The molecule has 0 aliphatic rings. The van der Waals surface area contributed by atoms with Crippen molar-refractivity contribution in [2.75, 3.05) is 0 Å². The Balaban J connectivity index is 3.10. The van der Waals surface area contributed by atoms with Gasteiger partial charge in [-0.1, -0.05) is 29.3 Å². The van der Waals surface area contributed by atoms with E-state index < -0.39 is 11.8 Å². The molecule has 5 heteroatoms. The summed E-state index contributed by atoms with van der Waals surface area (Å²) in [4.78, 5) is 10.3. The lowest BCUT2D eigenvalue weighted by Crippen LogP contribution is -2.01. The molecule has 1 aromatic rings. The van der Waals surface area contributed by atoms with Crippen LogP contribution in [0.3, 0.4) is 0 Å². The van der Waals surface area contributed by atoms with Crippen molar-refractivity contribution in [3.05, 3.63) is 33.6 Å². The molecule has 2 nitrogen and oxygen atoms in total. The van der Waals surface area contributed by atoms with Crippen molar-refractivity contribution in [2.45, 2.75) is 6.42 Å². The molecule has 0 aromatic heterocycles. The average molecular weight is 223 g/mol. The van der Waals surface area contributed by atoms with E-state index in [4.69, 9.17) is 28.3 Å². The van der Waals surface area contributed by atoms with Crippen LogP contribution in [-0.4, -0.2) is 11.1 Å². The van der Waals surface area contributed by atoms with Crippen molar-refractivity contribution in [1.82, 2.24) is 0 Å². The summed E-state index contributed by atoms with van der Waals surface area (Å²) in [6, 6.07) is 2.39. The van der Waals surface area contributed by atoms with Crippen LogP contribution in [0.1, 0.15) is 5.56 Å². The fourth-order valence-electron chi connectivity index (χ4n) is 0.865. The number of halogens is 3. The third-order valence-corrected chi connectivity index (χ3v) is 2.35. The summed E-state index contributed by atoms with van der Waals surface area (Å²) in [7, 11) is 0. The van der Waals surface area contributed by atoms with Crippen molar-refractivity contribution in [1.29, 1.82) is 0 Å². The molecule has 1 N–H and O–H groups in total. The lowest BCUT2D eigenvalue weighted by molar-refractivity contribution is -0.136. The van der Waals surface area contributed by atoms with E-state index in [0.29, 0.717) is 5.56 Å². The van der Waals surface area contributed by atoms with Crippen LogP contribution >= 0.6 is 23.2 Å². The van der Waals surface area contributed by atoms with Gasteiger partial charge in [-0.2, -0.15) is 0 Å². The smallest absolute Gasteiger partial charge is 0.307 e. The highest BCUT2D eigenvalue weighted by Gasteiger charge is 2.11. The summed E-state index contributed by atoms with van der Waals surface area (Å²) in [6.45, 7) is 0. The molecule has 0 aliphatic heterocycles. The van der Waals surface area contributed by atoms with Gasteiger partial charge in [0.1, 0.15) is 5.82 Å². The lowest BCUT2D eigenvalue weighted by Gasteiger charge is -2.03. The van der Waals surface area contributed by atoms with Crippen LogP contribution in [-0.2, 0) is 11.2 Å². The van der Waals surface area contributed by atoms with Gasteiger partial charge in [0.25, 0.3) is 0 Å². The fourth-order valence-corrected chi connectivity index (χ4v) is 1.27. The highest BCUT2D eigenvalue weighted by molar-refractivity contribution is 6.42. The first kappa shape index (κ1) is 10.3. The highest BCUT2D eigenvalue weighted by Crippen LogP contribution is 2.28. The maximum atomic E-state index is 12.7. The zero-order valence-corrected chi connectivity index (χ0v) is 7.86. The van der Waals surface area contributed by atoms with E-state index in [1.165, 1.54) is 6.07 Å². The molecule has 1 aromatic carbocycles. The Morgan fingerprint density at radius 3 is 2.54 bits per heavy atom. The van der Waals surface area contributed by atoms with Crippen LogP contribution in [0.4, 0.5) is 4.39 Å². The van der Waals surface area contributed by atoms with E-state index in [1.54, 1.807) is 0 Å². The Bertz CT molecular complexity index is 352. The van der Waals surface area contributed by atoms with Gasteiger partial charge in [0, 0.05) is 0 Å². The van der Waals surface area contributed by atoms with Gasteiger partial charge in [0.15, 0.2) is 0 Å². The molecule has 0 amide bonds. The van der Waals surface area contributed by atoms with Gasteiger partial charge < -0.3 is 5.11 Å². The van der Waals surface area contributed by atoms with Gasteiger partial charge in [-0.15, -0.1) is 0 Å². The largest absolute Gasteiger partial charge is 0.481 e. The molecule has 0 fully saturated rings. The Morgan fingerprint density at radius 1 is 1.38 bits per heavy atom. The van der Waals surface area contributed by atoms with Gasteiger partial charge in [-0.05, 0) is 11.6 Å². The first-order chi connectivity index (χ1) is 6.02. The lowest BCUT2D eigenvalue weighted by atomic mass is 10.1. The third kappa shape index (κ3) is 2.32. The maximum absolute atomic E-state index is 12.7. The molecule has 70 valence electrons. The average Bonchev–Trinajstić information content (AvgIpc) is 2.06. The standard InChI is InChI=1S/C8H5Cl2FO2/c9-7-4(3-6(12)13)1-2-5(11)8(7)10/h1-2H,3H2,(H,12,13). The molecule has 0 aliphatic carbocycles. The second kappa shape index (κ2) is 3.94. The van der Waals surface area contributed by atoms with E-state index in [0.717, 1.165) is 6.07 Å². The molecular formula is C8H5Cl2FO2. The van der Waals surface area contributed by atoms with Crippen LogP contribution in [0.5, 0.6) is 0 Å². The maximum Gasteiger partial charge on any atom is 0.307 e. The van der Waals surface area contributed by atoms with Gasteiger partial charge in [-0.25, -0.2) is 4.39 Å². The predicted octanol–water partition coefficient (Wildman–Crippen LogP) is 2.76. The molecule has 0 atom stereocenters. The zero-order chi connectivity index (χ0) is 10.0. The highest BCUT2D eigenvalue weighted by atomic mass is 35.5. The molecule has 13 heavy (non-hydrogen) atoms. The SMILES string of the molecule is O=C(O)Cc1ccc(F)c(Cl)c1Cl. The fraction of sp³-hybridized carbons (Fsp3) is 0.125. The van der Waals surface area contributed by atoms with Crippen LogP contribution in [0, 0.1) is 5.82 Å². The van der Waals surface area contributed by atoms with Gasteiger partial charge in [-0.3, -0.25) is 4.79 Å². The molecule has 1 rings (SSSR count). The predicted molar refractivity (Wildman–Crippen MR) is 47.8 cm³/mol. The Morgan fingerprint density at radius 2 is 2.00 bits per heavy atom. The molecule has 0 saturated carbocycles. The molecule has 0 heterocycles. The molecule has 0 radical (unpaired) electrons. The number of carbonyl (C=O) groups is 1. The molecule has 0 spiro atoms. The van der Waals surface area contributed by atoms with E-state index >= 15 is 0 Å². The number of aliphatic carboxylic acids is 1. The summed E-state index contributed by atoms with van der Waals surface area (Å²) >= 11 is 11.1. The van der Waals surface area contributed by atoms with Crippen molar-refractivity contribution < 1.29 is 14.3 Å². The number of rotatable bonds is 2. The number of hydrogen-bond acceptors (Lipinski definition) is 1. The summed E-state index contributed by atoms with van der Waals surface area (Å²) in [5.41, 5.74) is 0.306. The van der Waals surface area contributed by atoms with E-state index in [1.807, 2.05) is 0 Å². The second-order valence-corrected chi connectivity index (χ2v) is 3.16. The Hall–Kier alpha value is -0.800. The van der Waals surface area contributed by atoms with Crippen molar-refractivity contribution >= 4 is 29.2 Å². The first-order valence-electron chi connectivity index (χ1n) is 3.36. The molecular weight excluding hydrogens is 218 g/mol. The number of carboxylic acid groups (broad SMARTS) is 1. The topological polar surface area (TPSA) is 37.3 Å². The summed E-state index contributed by atoms with van der Waals surface area (Å²) < 4.78 is 12.7. The molecule has 0 bridgehead atoms. The monoisotopic (exact) mass is 222 g/mol. The molecule has 0 saturated heterocycles. The minimum absolute atomic E-state index is 0.0379. The number of carboxylic acids is 1. The minimum Gasteiger partial charge on any atom is -0.481 e. The van der Waals surface area contributed by atoms with Gasteiger partial charge in [0.2, 0.25) is 0 Å². The Kier molecular flexibility index (Phi) is 3.12. The van der Waals surface area contributed by atoms with Gasteiger partial charge in [0.05, 0.1) is 16.5 Å². The minimum atomic E-state index is -1.04. The third-order valence-electron chi connectivity index (χ3n) is 1.46. The summed E-state index contributed by atoms with van der Waals surface area (Å²) in [5.74, 6) is -1.69. The van der Waals surface area contributed by atoms with Crippen molar-refractivity contribution in [3.8, 4) is 0 Å². The van der Waals surface area contributed by atoms with E-state index in [-0.39, 0.29) is 16.5 Å². The van der Waals surface area contributed by atoms with E-state index in [2.05, 4.69) is 0 Å². The second-order valence-electron chi connectivity index (χ2n) is 2.40. The van der Waals surface area contributed by atoms with Crippen LogP contribution in [0.15, 0.2) is 12.1 Å². The van der Waals surface area contributed by atoms with Crippen LogP contribution < -0.4 is 0 Å². The number of benzene rings is 1. The van der Waals surface area contributed by atoms with Gasteiger partial charge >= 0.3 is 5.97 Å². The summed E-state index contributed by atoms with van der Waals surface area (Å²) in [6.07, 6.45) is -0.265. The van der Waals surface area contributed by atoms with Crippen LogP contribution in [0.25, 0.3) is 0 Å².